The first-order valence-electron chi connectivity index (χ1n) is 7.48. The Labute approximate surface area is 130 Å². The van der Waals surface area contributed by atoms with Crippen molar-refractivity contribution in [1.82, 2.24) is 5.32 Å². The molecule has 2 nitrogen and oxygen atoms in total. The molecule has 3 rings (SSSR count). The van der Waals surface area contributed by atoms with Crippen LogP contribution in [0.2, 0.25) is 5.02 Å². The number of hydrogen-bond donors (Lipinski definition) is 1. The number of fused-ring (bicyclic) bond motifs is 1. The third-order valence-corrected chi connectivity index (χ3v) is 6.20. The minimum Gasteiger partial charge on any atom is -0.486 e. The summed E-state index contributed by atoms with van der Waals surface area (Å²) < 4.78 is 6.48. The lowest BCUT2D eigenvalue weighted by molar-refractivity contribution is 0.0205. The summed E-state index contributed by atoms with van der Waals surface area (Å²) in [4.78, 5) is 0. The first-order valence-corrected chi connectivity index (χ1v) is 8.91. The number of rotatable bonds is 2. The van der Waals surface area contributed by atoms with Crippen LogP contribution in [-0.2, 0) is 0 Å². The van der Waals surface area contributed by atoms with E-state index in [1.54, 1.807) is 0 Å². The Morgan fingerprint density at radius 1 is 1.50 bits per heavy atom. The van der Waals surface area contributed by atoms with Crippen molar-refractivity contribution in [1.29, 1.82) is 0 Å². The van der Waals surface area contributed by atoms with E-state index in [1.165, 1.54) is 17.7 Å². The fourth-order valence-corrected chi connectivity index (χ4v) is 4.83. The van der Waals surface area contributed by atoms with Gasteiger partial charge in [0.2, 0.25) is 0 Å². The van der Waals surface area contributed by atoms with Crippen LogP contribution in [0.15, 0.2) is 18.2 Å². The minimum atomic E-state index is -0.0173. The van der Waals surface area contributed by atoms with Gasteiger partial charge in [-0.05, 0) is 50.3 Å². The number of halogens is 1. The SMILES string of the molecule is CCNC1CC2(CCCSC2C)Oc2ccc(Cl)cc21. The molecular formula is C16H22ClNOS. The fraction of sp³-hybridized carbons (Fsp3) is 0.625. The normalized spacial score (nSPS) is 32.8. The molecule has 1 fully saturated rings. The zero-order chi connectivity index (χ0) is 14.2. The highest BCUT2D eigenvalue weighted by Crippen LogP contribution is 2.48. The number of benzene rings is 1. The van der Waals surface area contributed by atoms with Gasteiger partial charge in [-0.2, -0.15) is 11.8 Å². The predicted octanol–water partition coefficient (Wildman–Crippen LogP) is 4.43. The molecule has 20 heavy (non-hydrogen) atoms. The van der Waals surface area contributed by atoms with E-state index in [9.17, 15) is 0 Å². The Kier molecular flexibility index (Phi) is 4.21. The van der Waals surface area contributed by atoms with E-state index in [0.29, 0.717) is 11.3 Å². The van der Waals surface area contributed by atoms with Crippen LogP contribution in [0, 0.1) is 0 Å². The van der Waals surface area contributed by atoms with Crippen LogP contribution in [0.4, 0.5) is 0 Å². The van der Waals surface area contributed by atoms with E-state index in [1.807, 2.05) is 23.9 Å². The van der Waals surface area contributed by atoms with Crippen molar-refractivity contribution < 1.29 is 4.74 Å². The molecule has 0 bridgehead atoms. The molecule has 1 aromatic rings. The van der Waals surface area contributed by atoms with Crippen molar-refractivity contribution in [3.8, 4) is 5.75 Å². The van der Waals surface area contributed by atoms with Crippen LogP contribution < -0.4 is 10.1 Å². The van der Waals surface area contributed by atoms with Gasteiger partial charge in [-0.1, -0.05) is 18.5 Å². The molecule has 1 spiro atoms. The lowest BCUT2D eigenvalue weighted by atomic mass is 9.81. The predicted molar refractivity (Wildman–Crippen MR) is 87.0 cm³/mol. The molecule has 3 atom stereocenters. The average molecular weight is 312 g/mol. The Morgan fingerprint density at radius 2 is 2.35 bits per heavy atom. The summed E-state index contributed by atoms with van der Waals surface area (Å²) in [6.45, 7) is 5.44. The van der Waals surface area contributed by atoms with Crippen LogP contribution in [0.5, 0.6) is 5.75 Å². The second kappa shape index (κ2) is 5.78. The summed E-state index contributed by atoms with van der Waals surface area (Å²) in [7, 11) is 0. The summed E-state index contributed by atoms with van der Waals surface area (Å²) in [6, 6.07) is 6.37. The average Bonchev–Trinajstić information content (AvgIpc) is 2.44. The molecule has 2 aliphatic heterocycles. The van der Waals surface area contributed by atoms with Crippen molar-refractivity contribution in [2.24, 2.45) is 0 Å². The third-order valence-electron chi connectivity index (χ3n) is 4.51. The molecule has 1 saturated heterocycles. The molecule has 1 aromatic carbocycles. The highest BCUT2D eigenvalue weighted by atomic mass is 35.5. The number of ether oxygens (including phenoxy) is 1. The molecule has 2 aliphatic rings. The molecule has 0 radical (unpaired) electrons. The first kappa shape index (κ1) is 14.6. The topological polar surface area (TPSA) is 21.3 Å². The van der Waals surface area contributed by atoms with Gasteiger partial charge in [-0.25, -0.2) is 0 Å². The quantitative estimate of drug-likeness (QED) is 0.873. The summed E-state index contributed by atoms with van der Waals surface area (Å²) >= 11 is 8.20. The van der Waals surface area contributed by atoms with E-state index >= 15 is 0 Å². The lowest BCUT2D eigenvalue weighted by Gasteiger charge is -2.48. The second-order valence-electron chi connectivity index (χ2n) is 5.78. The molecular weight excluding hydrogens is 290 g/mol. The van der Waals surface area contributed by atoms with Crippen LogP contribution in [0.3, 0.4) is 0 Å². The Morgan fingerprint density at radius 3 is 3.10 bits per heavy atom. The fourth-order valence-electron chi connectivity index (χ4n) is 3.42. The molecule has 0 aliphatic carbocycles. The van der Waals surface area contributed by atoms with Gasteiger partial charge in [-0.15, -0.1) is 0 Å². The smallest absolute Gasteiger partial charge is 0.125 e. The monoisotopic (exact) mass is 311 g/mol. The van der Waals surface area contributed by atoms with E-state index < -0.39 is 0 Å². The Balaban J connectivity index is 1.98. The van der Waals surface area contributed by atoms with E-state index in [-0.39, 0.29) is 5.60 Å². The maximum Gasteiger partial charge on any atom is 0.125 e. The van der Waals surface area contributed by atoms with Gasteiger partial charge >= 0.3 is 0 Å². The van der Waals surface area contributed by atoms with Gasteiger partial charge in [0.15, 0.2) is 0 Å². The van der Waals surface area contributed by atoms with Crippen LogP contribution >= 0.6 is 23.4 Å². The first-order chi connectivity index (χ1) is 9.64. The number of thioether (sulfide) groups is 1. The molecule has 1 N–H and O–H groups in total. The van der Waals surface area contributed by atoms with Gasteiger partial charge < -0.3 is 10.1 Å². The molecule has 0 amide bonds. The molecule has 0 aromatic heterocycles. The van der Waals surface area contributed by atoms with Gasteiger partial charge in [0.1, 0.15) is 11.4 Å². The van der Waals surface area contributed by atoms with Crippen molar-refractivity contribution in [3.05, 3.63) is 28.8 Å². The zero-order valence-electron chi connectivity index (χ0n) is 12.1. The van der Waals surface area contributed by atoms with Gasteiger partial charge in [0, 0.05) is 28.3 Å². The molecule has 2 heterocycles. The van der Waals surface area contributed by atoms with Crippen LogP contribution in [-0.4, -0.2) is 23.1 Å². The minimum absolute atomic E-state index is 0.0173. The maximum absolute atomic E-state index is 6.48. The summed E-state index contributed by atoms with van der Waals surface area (Å²) in [5.74, 6) is 2.27. The second-order valence-corrected chi connectivity index (χ2v) is 7.67. The van der Waals surface area contributed by atoms with Crippen molar-refractivity contribution in [3.63, 3.8) is 0 Å². The summed E-state index contributed by atoms with van der Waals surface area (Å²) in [5, 5.41) is 4.94. The van der Waals surface area contributed by atoms with Gasteiger partial charge in [-0.3, -0.25) is 0 Å². The number of nitrogens with one attached hydrogen (secondary N) is 1. The molecule has 110 valence electrons. The molecule has 4 heteroatoms. The van der Waals surface area contributed by atoms with Gasteiger partial charge in [0.25, 0.3) is 0 Å². The maximum atomic E-state index is 6.48. The largest absolute Gasteiger partial charge is 0.486 e. The van der Waals surface area contributed by atoms with Crippen molar-refractivity contribution >= 4 is 23.4 Å². The molecule has 0 saturated carbocycles. The highest BCUT2D eigenvalue weighted by molar-refractivity contribution is 8.00. The van der Waals surface area contributed by atoms with Crippen LogP contribution in [0.1, 0.15) is 44.7 Å². The van der Waals surface area contributed by atoms with E-state index in [2.05, 4.69) is 25.2 Å². The molecule has 3 unspecified atom stereocenters. The zero-order valence-corrected chi connectivity index (χ0v) is 13.7. The van der Waals surface area contributed by atoms with Crippen LogP contribution in [0.25, 0.3) is 0 Å². The third kappa shape index (κ3) is 2.56. The van der Waals surface area contributed by atoms with Crippen molar-refractivity contribution in [2.75, 3.05) is 12.3 Å². The Bertz CT molecular complexity index is 495. The number of hydrogen-bond acceptors (Lipinski definition) is 3. The standard InChI is InChI=1S/C16H22ClNOS/c1-3-18-14-10-16(7-4-8-20-11(16)2)19-15-6-5-12(17)9-13(14)15/h5-6,9,11,14,18H,3-4,7-8,10H2,1-2H3. The summed E-state index contributed by atoms with van der Waals surface area (Å²) in [6.07, 6.45) is 3.45. The van der Waals surface area contributed by atoms with E-state index in [4.69, 9.17) is 16.3 Å². The van der Waals surface area contributed by atoms with Crippen molar-refractivity contribution in [2.45, 2.75) is 50.0 Å². The highest BCUT2D eigenvalue weighted by Gasteiger charge is 2.46. The van der Waals surface area contributed by atoms with Gasteiger partial charge in [0.05, 0.1) is 0 Å². The summed E-state index contributed by atoms with van der Waals surface area (Å²) in [5.41, 5.74) is 1.20. The van der Waals surface area contributed by atoms with E-state index in [0.717, 1.165) is 30.2 Å². The Hall–Kier alpha value is -0.380. The lowest BCUT2D eigenvalue weighted by Crippen LogP contribution is -2.52.